The van der Waals surface area contributed by atoms with Gasteiger partial charge in [0.05, 0.1) is 30.6 Å². The Morgan fingerprint density at radius 1 is 1.00 bits per heavy atom. The maximum Gasteiger partial charge on any atom is 0.339 e. The molecule has 270 valence electrons. The number of ether oxygens (including phenoxy) is 4. The Balaban J connectivity index is 1.14. The molecule has 1 spiro atoms. The second-order valence-corrected chi connectivity index (χ2v) is 15.0. The molecule has 4 atom stereocenters. The number of benzene rings is 2. The number of piperazine rings is 1. The van der Waals surface area contributed by atoms with E-state index in [0.29, 0.717) is 56.3 Å². The molecule has 0 saturated carbocycles. The second-order valence-electron chi connectivity index (χ2n) is 15.0. The van der Waals surface area contributed by atoms with E-state index in [1.807, 2.05) is 12.1 Å². The zero-order chi connectivity index (χ0) is 35.3. The number of nitrogens with zero attached hydrogens (tertiary/aromatic N) is 3. The van der Waals surface area contributed by atoms with E-state index in [0.717, 1.165) is 49.2 Å². The molecule has 1 aliphatic carbocycles. The van der Waals surface area contributed by atoms with E-state index in [1.165, 1.54) is 12.1 Å². The first-order valence-electron chi connectivity index (χ1n) is 17.8. The number of carbonyl (C=O) groups excluding carboxylic acids is 2. The largest absolute Gasteiger partial charge is 0.497 e. The van der Waals surface area contributed by atoms with E-state index in [4.69, 9.17) is 18.9 Å². The summed E-state index contributed by atoms with van der Waals surface area (Å²) in [5.74, 6) is -0.0113. The predicted molar refractivity (Wildman–Crippen MR) is 182 cm³/mol. The van der Waals surface area contributed by atoms with Crippen LogP contribution in [0.2, 0.25) is 0 Å². The Morgan fingerprint density at radius 2 is 1.72 bits per heavy atom. The molecule has 4 unspecified atom stereocenters. The van der Waals surface area contributed by atoms with Crippen LogP contribution in [0.25, 0.3) is 0 Å². The zero-order valence-corrected chi connectivity index (χ0v) is 29.2. The number of aliphatic hydroxyl groups is 2. The highest BCUT2D eigenvalue weighted by molar-refractivity contribution is 5.88. The summed E-state index contributed by atoms with van der Waals surface area (Å²) in [6.45, 7) is 7.04. The number of rotatable bonds is 10. The zero-order valence-electron chi connectivity index (χ0n) is 29.2. The second kappa shape index (κ2) is 13.4. The third-order valence-electron chi connectivity index (χ3n) is 11.2. The van der Waals surface area contributed by atoms with E-state index >= 15 is 0 Å². The molecule has 0 aromatic heterocycles. The number of hydrogen-bond acceptors (Lipinski definition) is 10. The van der Waals surface area contributed by atoms with Crippen LogP contribution in [-0.4, -0.2) is 108 Å². The molecule has 11 nitrogen and oxygen atoms in total. The predicted octanol–water partition coefficient (Wildman–Crippen LogP) is 3.90. The average Bonchev–Trinajstić information content (AvgIpc) is 3.78. The van der Waals surface area contributed by atoms with Gasteiger partial charge < -0.3 is 39.0 Å². The number of halogens is 1. The van der Waals surface area contributed by atoms with Gasteiger partial charge in [0.1, 0.15) is 11.6 Å². The first-order valence-corrected chi connectivity index (χ1v) is 17.8. The minimum absolute atomic E-state index is 0.0624. The van der Waals surface area contributed by atoms with Crippen molar-refractivity contribution >= 4 is 17.6 Å². The maximum absolute atomic E-state index is 14.4. The molecule has 12 heteroatoms. The van der Waals surface area contributed by atoms with E-state index in [1.54, 1.807) is 38.0 Å². The summed E-state index contributed by atoms with van der Waals surface area (Å²) in [5, 5.41) is 22.6. The van der Waals surface area contributed by atoms with Crippen molar-refractivity contribution in [3.63, 3.8) is 0 Å². The SMILES string of the molecule is COC1=CC23CCCN2CCc2cc4c(cc2C3C1OC(=O)C(O)(CCCC(C)(C)O)CC(=O)N1CCN(c2ccc(F)cc2)CC1)OCO4. The number of carbonyl (C=O) groups is 2. The number of fused-ring (bicyclic) bond motifs is 3. The number of hydrogen-bond donors (Lipinski definition) is 2. The quantitative estimate of drug-likeness (QED) is 0.355. The molecule has 2 fully saturated rings. The standard InChI is InChI=1S/C38H48FN3O8/c1-36(2,45)11-4-13-38(46,23-32(43)41-18-16-40(17-19-41)27-8-6-26(39)7-9-27)35(44)50-34-31(47-3)22-37-12-5-14-42(37)15-10-25-20-29-30(49-24-48-29)21-28(25)33(34)37/h6-9,20-22,33-34,45-46H,4-5,10-19,23-24H2,1-3H3. The fraction of sp³-hybridized carbons (Fsp3) is 0.579. The molecule has 50 heavy (non-hydrogen) atoms. The van der Waals surface area contributed by atoms with E-state index in [-0.39, 0.29) is 30.9 Å². The molecular weight excluding hydrogens is 645 g/mol. The van der Waals surface area contributed by atoms with Crippen molar-refractivity contribution in [2.24, 2.45) is 0 Å². The van der Waals surface area contributed by atoms with Crippen LogP contribution in [-0.2, 0) is 25.5 Å². The molecule has 4 heterocycles. The third kappa shape index (κ3) is 6.53. The molecule has 2 aromatic rings. The average molecular weight is 694 g/mol. The van der Waals surface area contributed by atoms with Gasteiger partial charge in [0.15, 0.2) is 23.2 Å². The van der Waals surface area contributed by atoms with E-state index in [2.05, 4.69) is 15.9 Å². The first kappa shape index (κ1) is 34.6. The minimum atomic E-state index is -2.14. The van der Waals surface area contributed by atoms with Gasteiger partial charge in [0.2, 0.25) is 12.7 Å². The van der Waals surface area contributed by atoms with Crippen molar-refractivity contribution < 1.29 is 43.1 Å². The van der Waals surface area contributed by atoms with E-state index < -0.39 is 35.2 Å². The van der Waals surface area contributed by atoms with Gasteiger partial charge >= 0.3 is 5.97 Å². The number of esters is 1. The summed E-state index contributed by atoms with van der Waals surface area (Å²) in [5.41, 5.74) is -0.642. The van der Waals surface area contributed by atoms with Crippen LogP contribution in [0, 0.1) is 5.82 Å². The highest BCUT2D eigenvalue weighted by Gasteiger charge is 2.59. The van der Waals surface area contributed by atoms with E-state index in [9.17, 15) is 24.2 Å². The Hall–Kier alpha value is -3.87. The molecule has 0 bridgehead atoms. The Morgan fingerprint density at radius 3 is 2.42 bits per heavy atom. The first-order chi connectivity index (χ1) is 23.9. The molecule has 5 aliphatic rings. The fourth-order valence-corrected chi connectivity index (χ4v) is 8.62. The molecule has 1 amide bonds. The third-order valence-corrected chi connectivity index (χ3v) is 11.2. The summed E-state index contributed by atoms with van der Waals surface area (Å²) in [7, 11) is 1.57. The summed E-state index contributed by atoms with van der Waals surface area (Å²) in [4.78, 5) is 34.3. The summed E-state index contributed by atoms with van der Waals surface area (Å²) in [6.07, 6.45) is 3.98. The van der Waals surface area contributed by atoms with Crippen molar-refractivity contribution in [1.82, 2.24) is 9.80 Å². The van der Waals surface area contributed by atoms with Crippen molar-refractivity contribution in [2.75, 3.05) is 58.1 Å². The van der Waals surface area contributed by atoms with Gasteiger partial charge in [-0.15, -0.1) is 0 Å². The number of methoxy groups -OCH3 is 1. The monoisotopic (exact) mass is 693 g/mol. The topological polar surface area (TPSA) is 121 Å². The lowest BCUT2D eigenvalue weighted by Gasteiger charge is -2.40. The summed E-state index contributed by atoms with van der Waals surface area (Å²) in [6, 6.07) is 10.3. The van der Waals surface area contributed by atoms with Crippen LogP contribution < -0.4 is 14.4 Å². The van der Waals surface area contributed by atoms with Crippen molar-refractivity contribution in [3.8, 4) is 11.5 Å². The number of anilines is 1. The number of amides is 1. The van der Waals surface area contributed by atoms with Crippen molar-refractivity contribution in [1.29, 1.82) is 0 Å². The Labute approximate surface area is 292 Å². The van der Waals surface area contributed by atoms with Gasteiger partial charge in [0.25, 0.3) is 0 Å². The van der Waals surface area contributed by atoms with Gasteiger partial charge in [-0.05, 0) is 113 Å². The summed E-state index contributed by atoms with van der Waals surface area (Å²) >= 11 is 0. The van der Waals surface area contributed by atoms with Crippen molar-refractivity contribution in [3.05, 3.63) is 65.2 Å². The van der Waals surface area contributed by atoms with Gasteiger partial charge in [-0.1, -0.05) is 0 Å². The van der Waals surface area contributed by atoms with Gasteiger partial charge in [-0.2, -0.15) is 0 Å². The molecule has 7 rings (SSSR count). The molecule has 2 N–H and O–H groups in total. The maximum atomic E-state index is 14.4. The fourth-order valence-electron chi connectivity index (χ4n) is 8.62. The minimum Gasteiger partial charge on any atom is -0.497 e. The van der Waals surface area contributed by atoms with Gasteiger partial charge in [-0.25, -0.2) is 9.18 Å². The molecule has 0 radical (unpaired) electrons. The van der Waals surface area contributed by atoms with Crippen LogP contribution >= 0.6 is 0 Å². The Kier molecular flexibility index (Phi) is 9.23. The van der Waals surface area contributed by atoms with Crippen LogP contribution in [0.5, 0.6) is 11.5 Å². The highest BCUT2D eigenvalue weighted by atomic mass is 19.1. The molecule has 4 aliphatic heterocycles. The lowest BCUT2D eigenvalue weighted by molar-refractivity contribution is -0.177. The lowest BCUT2D eigenvalue weighted by atomic mass is 9.77. The van der Waals surface area contributed by atoms with Crippen molar-refractivity contribution in [2.45, 2.75) is 87.6 Å². The normalized spacial score (nSPS) is 25.6. The lowest BCUT2D eigenvalue weighted by Crippen LogP contribution is -2.53. The van der Waals surface area contributed by atoms with Crippen LogP contribution in [0.1, 0.15) is 69.4 Å². The van der Waals surface area contributed by atoms with Crippen LogP contribution in [0.15, 0.2) is 48.2 Å². The summed E-state index contributed by atoms with van der Waals surface area (Å²) < 4.78 is 37.3. The van der Waals surface area contributed by atoms with Crippen LogP contribution in [0.4, 0.5) is 10.1 Å². The van der Waals surface area contributed by atoms with Gasteiger partial charge in [-0.3, -0.25) is 9.69 Å². The highest BCUT2D eigenvalue weighted by Crippen LogP contribution is 2.55. The Bertz CT molecular complexity index is 1640. The van der Waals surface area contributed by atoms with Crippen LogP contribution in [0.3, 0.4) is 0 Å². The molecule has 2 aromatic carbocycles. The molecular formula is C38H48FN3O8. The molecule has 2 saturated heterocycles. The van der Waals surface area contributed by atoms with Gasteiger partial charge in [0, 0.05) is 38.4 Å². The smallest absolute Gasteiger partial charge is 0.339 e.